The predicted molar refractivity (Wildman–Crippen MR) is 44.5 cm³/mol. The van der Waals surface area contributed by atoms with Crippen LogP contribution in [-0.2, 0) is 4.74 Å². The van der Waals surface area contributed by atoms with Gasteiger partial charge in [-0.25, -0.2) is 0 Å². The SMILES string of the molecule is CC[C@@H](O)C1(C)CCCCO1. The molecule has 0 saturated carbocycles. The van der Waals surface area contributed by atoms with E-state index in [2.05, 4.69) is 0 Å². The molecule has 2 heteroatoms. The lowest BCUT2D eigenvalue weighted by Crippen LogP contribution is -2.44. The Kier molecular flexibility index (Phi) is 2.90. The molecule has 1 fully saturated rings. The predicted octanol–water partition coefficient (Wildman–Crippen LogP) is 1.72. The smallest absolute Gasteiger partial charge is 0.0912 e. The Balaban J connectivity index is 2.49. The van der Waals surface area contributed by atoms with Crippen LogP contribution in [0, 0.1) is 0 Å². The lowest BCUT2D eigenvalue weighted by molar-refractivity contribution is -0.136. The first-order chi connectivity index (χ1) is 5.19. The van der Waals surface area contributed by atoms with Gasteiger partial charge in [0.1, 0.15) is 0 Å². The van der Waals surface area contributed by atoms with Crippen molar-refractivity contribution in [2.45, 2.75) is 51.2 Å². The normalized spacial score (nSPS) is 35.2. The molecule has 11 heavy (non-hydrogen) atoms. The molecule has 1 rings (SSSR count). The number of aliphatic hydroxyl groups is 1. The summed E-state index contributed by atoms with van der Waals surface area (Å²) < 4.78 is 5.57. The van der Waals surface area contributed by atoms with Crippen LogP contribution in [-0.4, -0.2) is 23.4 Å². The minimum Gasteiger partial charge on any atom is -0.390 e. The summed E-state index contributed by atoms with van der Waals surface area (Å²) in [6.45, 7) is 4.82. The van der Waals surface area contributed by atoms with E-state index in [-0.39, 0.29) is 11.7 Å². The van der Waals surface area contributed by atoms with Crippen LogP contribution in [0.1, 0.15) is 39.5 Å². The second kappa shape index (κ2) is 3.55. The summed E-state index contributed by atoms with van der Waals surface area (Å²) in [5.74, 6) is 0. The molecule has 0 aromatic carbocycles. The van der Waals surface area contributed by atoms with E-state index in [0.29, 0.717) is 0 Å². The summed E-state index contributed by atoms with van der Waals surface area (Å²) in [5, 5.41) is 9.62. The third-order valence-corrected chi connectivity index (χ3v) is 2.59. The summed E-state index contributed by atoms with van der Waals surface area (Å²) in [5.41, 5.74) is -0.257. The van der Waals surface area contributed by atoms with Crippen molar-refractivity contribution in [2.75, 3.05) is 6.61 Å². The topological polar surface area (TPSA) is 29.5 Å². The van der Waals surface area contributed by atoms with Crippen LogP contribution in [0.3, 0.4) is 0 Å². The molecule has 1 aliphatic heterocycles. The van der Waals surface area contributed by atoms with E-state index in [1.54, 1.807) is 0 Å². The van der Waals surface area contributed by atoms with E-state index in [9.17, 15) is 5.11 Å². The fraction of sp³-hybridized carbons (Fsp3) is 1.00. The van der Waals surface area contributed by atoms with E-state index >= 15 is 0 Å². The summed E-state index contributed by atoms with van der Waals surface area (Å²) in [6.07, 6.45) is 3.83. The van der Waals surface area contributed by atoms with Gasteiger partial charge in [0.25, 0.3) is 0 Å². The van der Waals surface area contributed by atoms with Gasteiger partial charge < -0.3 is 9.84 Å². The molecule has 0 amide bonds. The molecule has 0 radical (unpaired) electrons. The molecule has 66 valence electrons. The summed E-state index contributed by atoms with van der Waals surface area (Å²) in [6, 6.07) is 0. The standard InChI is InChI=1S/C9H18O2/c1-3-8(10)9(2)6-4-5-7-11-9/h8,10H,3-7H2,1-2H3/t8-,9?/m1/s1. The monoisotopic (exact) mass is 158 g/mol. The zero-order valence-corrected chi connectivity index (χ0v) is 7.47. The Morgan fingerprint density at radius 2 is 2.27 bits per heavy atom. The third-order valence-electron chi connectivity index (χ3n) is 2.59. The summed E-state index contributed by atoms with van der Waals surface area (Å²) in [4.78, 5) is 0. The third kappa shape index (κ3) is 1.94. The van der Waals surface area contributed by atoms with E-state index in [1.165, 1.54) is 6.42 Å². The van der Waals surface area contributed by atoms with Crippen molar-refractivity contribution in [2.24, 2.45) is 0 Å². The van der Waals surface area contributed by atoms with Gasteiger partial charge in [-0.05, 0) is 32.6 Å². The van der Waals surface area contributed by atoms with Gasteiger partial charge in [0.15, 0.2) is 0 Å². The lowest BCUT2D eigenvalue weighted by Gasteiger charge is -2.37. The molecule has 1 saturated heterocycles. The first-order valence-corrected chi connectivity index (χ1v) is 4.51. The molecule has 1 heterocycles. The maximum atomic E-state index is 9.62. The number of hydrogen-bond donors (Lipinski definition) is 1. The molecule has 1 N–H and O–H groups in total. The van der Waals surface area contributed by atoms with E-state index in [0.717, 1.165) is 25.9 Å². The Morgan fingerprint density at radius 1 is 1.55 bits per heavy atom. The molecular weight excluding hydrogens is 140 g/mol. The van der Waals surface area contributed by atoms with Crippen molar-refractivity contribution >= 4 is 0 Å². The molecule has 0 spiro atoms. The summed E-state index contributed by atoms with van der Waals surface area (Å²) >= 11 is 0. The van der Waals surface area contributed by atoms with Crippen molar-refractivity contribution in [1.82, 2.24) is 0 Å². The van der Waals surface area contributed by atoms with Crippen molar-refractivity contribution < 1.29 is 9.84 Å². The van der Waals surface area contributed by atoms with Gasteiger partial charge in [0.2, 0.25) is 0 Å². The van der Waals surface area contributed by atoms with Crippen molar-refractivity contribution in [3.8, 4) is 0 Å². The van der Waals surface area contributed by atoms with Crippen LogP contribution < -0.4 is 0 Å². The first-order valence-electron chi connectivity index (χ1n) is 4.51. The molecule has 0 aromatic heterocycles. The average Bonchev–Trinajstić information content (AvgIpc) is 2.04. The molecule has 0 bridgehead atoms. The summed E-state index contributed by atoms with van der Waals surface area (Å²) in [7, 11) is 0. The zero-order chi connectivity index (χ0) is 8.32. The van der Waals surface area contributed by atoms with Crippen LogP contribution in [0.4, 0.5) is 0 Å². The second-order valence-electron chi connectivity index (χ2n) is 3.54. The Morgan fingerprint density at radius 3 is 2.73 bits per heavy atom. The Labute approximate surface area is 68.6 Å². The maximum Gasteiger partial charge on any atom is 0.0912 e. The number of rotatable bonds is 2. The highest BCUT2D eigenvalue weighted by Gasteiger charge is 2.34. The first kappa shape index (κ1) is 9.01. The highest BCUT2D eigenvalue weighted by atomic mass is 16.5. The van der Waals surface area contributed by atoms with Crippen LogP contribution in [0.5, 0.6) is 0 Å². The van der Waals surface area contributed by atoms with Crippen LogP contribution >= 0.6 is 0 Å². The van der Waals surface area contributed by atoms with E-state index in [4.69, 9.17) is 4.74 Å². The Hall–Kier alpha value is -0.0800. The minimum atomic E-state index is -0.289. The molecule has 0 aliphatic carbocycles. The van der Waals surface area contributed by atoms with Gasteiger partial charge in [-0.3, -0.25) is 0 Å². The molecule has 2 atom stereocenters. The molecule has 1 aliphatic rings. The van der Waals surface area contributed by atoms with Gasteiger partial charge in [0.05, 0.1) is 11.7 Å². The largest absolute Gasteiger partial charge is 0.390 e. The molecule has 1 unspecified atom stereocenters. The number of aliphatic hydroxyl groups excluding tert-OH is 1. The average molecular weight is 158 g/mol. The van der Waals surface area contributed by atoms with Gasteiger partial charge in [-0.1, -0.05) is 6.92 Å². The van der Waals surface area contributed by atoms with Crippen LogP contribution in [0.2, 0.25) is 0 Å². The molecular formula is C9H18O2. The minimum absolute atomic E-state index is 0.257. The fourth-order valence-electron chi connectivity index (χ4n) is 1.65. The van der Waals surface area contributed by atoms with Crippen molar-refractivity contribution in [3.63, 3.8) is 0 Å². The molecule has 2 nitrogen and oxygen atoms in total. The van der Waals surface area contributed by atoms with Gasteiger partial charge in [0, 0.05) is 6.61 Å². The van der Waals surface area contributed by atoms with Crippen molar-refractivity contribution in [1.29, 1.82) is 0 Å². The van der Waals surface area contributed by atoms with E-state index in [1.807, 2.05) is 13.8 Å². The zero-order valence-electron chi connectivity index (χ0n) is 7.47. The quantitative estimate of drug-likeness (QED) is 0.663. The van der Waals surface area contributed by atoms with Gasteiger partial charge in [-0.2, -0.15) is 0 Å². The van der Waals surface area contributed by atoms with Gasteiger partial charge in [-0.15, -0.1) is 0 Å². The van der Waals surface area contributed by atoms with E-state index < -0.39 is 0 Å². The maximum absolute atomic E-state index is 9.62. The van der Waals surface area contributed by atoms with Gasteiger partial charge >= 0.3 is 0 Å². The fourth-order valence-corrected chi connectivity index (χ4v) is 1.65. The highest BCUT2D eigenvalue weighted by Crippen LogP contribution is 2.28. The van der Waals surface area contributed by atoms with Crippen molar-refractivity contribution in [3.05, 3.63) is 0 Å². The van der Waals surface area contributed by atoms with Crippen LogP contribution in [0.25, 0.3) is 0 Å². The number of ether oxygens (including phenoxy) is 1. The molecule has 0 aromatic rings. The number of hydrogen-bond acceptors (Lipinski definition) is 2. The highest BCUT2D eigenvalue weighted by molar-refractivity contribution is 4.85. The van der Waals surface area contributed by atoms with Crippen LogP contribution in [0.15, 0.2) is 0 Å². The lowest BCUT2D eigenvalue weighted by atomic mass is 9.89. The Bertz CT molecular complexity index is 117. The second-order valence-corrected chi connectivity index (χ2v) is 3.54.